The van der Waals surface area contributed by atoms with Gasteiger partial charge in [-0.1, -0.05) is 61.9 Å². The zero-order chi connectivity index (χ0) is 25.8. The summed E-state index contributed by atoms with van der Waals surface area (Å²) in [6.45, 7) is 8.32. The number of piperidine rings is 1. The van der Waals surface area contributed by atoms with Gasteiger partial charge in [0.2, 0.25) is 0 Å². The minimum atomic E-state index is 0.151. The van der Waals surface area contributed by atoms with Crippen LogP contribution in [0, 0.1) is 0 Å². The molecule has 0 radical (unpaired) electrons. The molecular weight excluding hydrogens is 480 g/mol. The summed E-state index contributed by atoms with van der Waals surface area (Å²) in [6.07, 6.45) is 10.4. The van der Waals surface area contributed by atoms with Gasteiger partial charge in [0.25, 0.3) is 5.91 Å². The number of rotatable bonds is 7. The maximum Gasteiger partial charge on any atom is 0.257 e. The lowest BCUT2D eigenvalue weighted by Gasteiger charge is -2.36. The van der Waals surface area contributed by atoms with Gasteiger partial charge in [-0.05, 0) is 87.0 Å². The van der Waals surface area contributed by atoms with Gasteiger partial charge in [-0.15, -0.1) is 0 Å². The number of nitrogens with zero attached hydrogens (tertiary/aromatic N) is 4. The molecule has 0 bridgehead atoms. The third-order valence-corrected chi connectivity index (χ3v) is 8.05. The molecule has 5 nitrogen and oxygen atoms in total. The quantitative estimate of drug-likeness (QED) is 0.335. The van der Waals surface area contributed by atoms with Crippen LogP contribution in [0.15, 0.2) is 48.5 Å². The van der Waals surface area contributed by atoms with Crippen molar-refractivity contribution >= 4 is 29.7 Å². The van der Waals surface area contributed by atoms with Gasteiger partial charge in [-0.3, -0.25) is 4.79 Å². The van der Waals surface area contributed by atoms with Crippen molar-refractivity contribution in [2.45, 2.75) is 58.4 Å². The van der Waals surface area contributed by atoms with Gasteiger partial charge in [-0.2, -0.15) is 5.10 Å². The largest absolute Gasteiger partial charge is 0.338 e. The third kappa shape index (κ3) is 5.68. The first-order valence-corrected chi connectivity index (χ1v) is 14.1. The van der Waals surface area contributed by atoms with E-state index in [1.807, 2.05) is 35.0 Å². The fourth-order valence-corrected chi connectivity index (χ4v) is 5.89. The Morgan fingerprint density at radius 3 is 2.32 bits per heavy atom. The molecule has 2 aliphatic heterocycles. The lowest BCUT2D eigenvalue weighted by molar-refractivity contribution is 0.0642. The first-order valence-electron chi connectivity index (χ1n) is 13.8. The number of amides is 1. The van der Waals surface area contributed by atoms with Crippen LogP contribution in [0.25, 0.3) is 17.8 Å². The molecule has 5 rings (SSSR count). The highest BCUT2D eigenvalue weighted by atomic mass is 35.5. The van der Waals surface area contributed by atoms with Crippen LogP contribution in [0.4, 0.5) is 0 Å². The summed E-state index contributed by atoms with van der Waals surface area (Å²) < 4.78 is 1.99. The highest BCUT2D eigenvalue weighted by Gasteiger charge is 2.31. The molecule has 0 spiro atoms. The van der Waals surface area contributed by atoms with Gasteiger partial charge in [0.05, 0.1) is 22.6 Å². The minimum absolute atomic E-state index is 0.151. The Morgan fingerprint density at radius 1 is 0.946 bits per heavy atom. The molecule has 0 saturated carbocycles. The van der Waals surface area contributed by atoms with Gasteiger partial charge in [0.15, 0.2) is 0 Å². The van der Waals surface area contributed by atoms with E-state index in [-0.39, 0.29) is 5.91 Å². The van der Waals surface area contributed by atoms with E-state index in [1.54, 1.807) is 0 Å². The molecule has 2 aromatic carbocycles. The fourth-order valence-electron chi connectivity index (χ4n) is 5.76. The average Bonchev–Trinajstić information content (AvgIpc) is 3.61. The second-order valence-electron chi connectivity index (χ2n) is 10.1. The van der Waals surface area contributed by atoms with E-state index in [4.69, 9.17) is 16.7 Å². The molecule has 0 atom stereocenters. The van der Waals surface area contributed by atoms with Crippen molar-refractivity contribution in [3.63, 3.8) is 0 Å². The zero-order valence-corrected chi connectivity index (χ0v) is 22.8. The summed E-state index contributed by atoms with van der Waals surface area (Å²) in [7, 11) is 0. The minimum Gasteiger partial charge on any atom is -0.338 e. The monoisotopic (exact) mass is 516 g/mol. The smallest absolute Gasteiger partial charge is 0.257 e. The number of carbonyl (C=O) groups excluding carboxylic acids is 1. The Hall–Kier alpha value is -2.89. The molecule has 3 heterocycles. The van der Waals surface area contributed by atoms with Crippen molar-refractivity contribution in [1.29, 1.82) is 0 Å². The van der Waals surface area contributed by atoms with Crippen LogP contribution >= 0.6 is 11.6 Å². The molecule has 3 aromatic rings. The lowest BCUT2D eigenvalue weighted by atomic mass is 10.0. The SMILES string of the molecule is CCc1nn(-c2cccc(/C=C/c3ccc(Cl)cc3)c2)c(CC)c1C(=O)N1CCC(N2CCCC2)CC1. The van der Waals surface area contributed by atoms with E-state index in [2.05, 4.69) is 54.0 Å². The molecule has 1 aromatic heterocycles. The third-order valence-electron chi connectivity index (χ3n) is 7.80. The number of likely N-dealkylation sites (tertiary alicyclic amines) is 2. The summed E-state index contributed by atoms with van der Waals surface area (Å²) in [4.78, 5) is 18.5. The van der Waals surface area contributed by atoms with Crippen molar-refractivity contribution in [2.75, 3.05) is 26.2 Å². The van der Waals surface area contributed by atoms with Crippen LogP contribution in [0.2, 0.25) is 5.02 Å². The van der Waals surface area contributed by atoms with Crippen LogP contribution < -0.4 is 0 Å². The van der Waals surface area contributed by atoms with Crippen molar-refractivity contribution in [2.24, 2.45) is 0 Å². The van der Waals surface area contributed by atoms with Crippen molar-refractivity contribution in [3.8, 4) is 5.69 Å². The average molecular weight is 517 g/mol. The Balaban J connectivity index is 1.37. The normalized spacial score (nSPS) is 17.2. The summed E-state index contributed by atoms with van der Waals surface area (Å²) in [6, 6.07) is 16.8. The summed E-state index contributed by atoms with van der Waals surface area (Å²) in [5.74, 6) is 0.151. The standard InChI is InChI=1S/C31H37ClN4O/c1-3-28-30(31(37)35-20-16-26(17-21-35)34-18-5-6-19-34)29(4-2)36(33-28)27-9-7-8-24(22-27)11-10-23-12-14-25(32)15-13-23/h7-15,22,26H,3-6,16-21H2,1-2H3/b11-10+. The zero-order valence-electron chi connectivity index (χ0n) is 22.0. The molecule has 2 saturated heterocycles. The maximum atomic E-state index is 13.8. The molecular formula is C31H37ClN4O. The first-order chi connectivity index (χ1) is 18.1. The van der Waals surface area contributed by atoms with Gasteiger partial charge >= 0.3 is 0 Å². The molecule has 0 N–H and O–H groups in total. The van der Waals surface area contributed by atoms with Gasteiger partial charge in [0, 0.05) is 24.2 Å². The Morgan fingerprint density at radius 2 is 1.65 bits per heavy atom. The van der Waals surface area contributed by atoms with Gasteiger partial charge in [0.1, 0.15) is 0 Å². The Bertz CT molecular complexity index is 1250. The van der Waals surface area contributed by atoms with Crippen LogP contribution in [0.1, 0.15) is 72.4 Å². The lowest BCUT2D eigenvalue weighted by Crippen LogP contribution is -2.46. The first kappa shape index (κ1) is 25.7. The molecule has 6 heteroatoms. The van der Waals surface area contributed by atoms with Crippen molar-refractivity contribution < 1.29 is 4.79 Å². The van der Waals surface area contributed by atoms with Gasteiger partial charge in [-0.25, -0.2) is 4.68 Å². The fraction of sp³-hybridized carbons (Fsp3) is 0.419. The van der Waals surface area contributed by atoms with Crippen LogP contribution in [0.5, 0.6) is 0 Å². The number of aromatic nitrogens is 2. The number of hydrogen-bond donors (Lipinski definition) is 0. The van der Waals surface area contributed by atoms with Crippen LogP contribution in [-0.4, -0.2) is 57.7 Å². The number of hydrogen-bond acceptors (Lipinski definition) is 3. The molecule has 0 unspecified atom stereocenters. The highest BCUT2D eigenvalue weighted by Crippen LogP contribution is 2.26. The van der Waals surface area contributed by atoms with Crippen LogP contribution in [-0.2, 0) is 12.8 Å². The van der Waals surface area contributed by atoms with E-state index >= 15 is 0 Å². The second kappa shape index (κ2) is 11.7. The van der Waals surface area contributed by atoms with Crippen molar-refractivity contribution in [1.82, 2.24) is 19.6 Å². The molecule has 2 aliphatic rings. The molecule has 37 heavy (non-hydrogen) atoms. The number of aryl methyl sites for hydroxylation is 1. The maximum absolute atomic E-state index is 13.8. The summed E-state index contributed by atoms with van der Waals surface area (Å²) in [5, 5.41) is 5.69. The second-order valence-corrected chi connectivity index (χ2v) is 10.6. The molecule has 1 amide bonds. The van der Waals surface area contributed by atoms with E-state index in [0.29, 0.717) is 6.04 Å². The van der Waals surface area contributed by atoms with E-state index < -0.39 is 0 Å². The summed E-state index contributed by atoms with van der Waals surface area (Å²) >= 11 is 6.01. The van der Waals surface area contributed by atoms with Gasteiger partial charge < -0.3 is 9.80 Å². The number of carbonyl (C=O) groups is 1. The molecule has 194 valence electrons. The Kier molecular flexibility index (Phi) is 8.11. The number of halogens is 1. The topological polar surface area (TPSA) is 41.4 Å². The highest BCUT2D eigenvalue weighted by molar-refractivity contribution is 6.30. The Labute approximate surface area is 225 Å². The predicted molar refractivity (Wildman–Crippen MR) is 152 cm³/mol. The molecule has 0 aliphatic carbocycles. The van der Waals surface area contributed by atoms with Crippen molar-refractivity contribution in [3.05, 3.63) is 81.6 Å². The van der Waals surface area contributed by atoms with E-state index in [1.165, 1.54) is 25.9 Å². The molecule has 2 fully saturated rings. The summed E-state index contributed by atoms with van der Waals surface area (Å²) in [5.41, 5.74) is 5.87. The van der Waals surface area contributed by atoms with E-state index in [9.17, 15) is 4.79 Å². The van der Waals surface area contributed by atoms with E-state index in [0.717, 1.165) is 77.6 Å². The van der Waals surface area contributed by atoms with Crippen LogP contribution in [0.3, 0.4) is 0 Å². The predicted octanol–water partition coefficient (Wildman–Crippen LogP) is 6.52. The number of benzene rings is 2.